The first kappa shape index (κ1) is 34.0. The quantitative estimate of drug-likeness (QED) is 0.166. The van der Waals surface area contributed by atoms with E-state index in [2.05, 4.69) is 225 Å². The maximum absolute atomic E-state index is 5.12. The fourth-order valence-corrected chi connectivity index (χ4v) is 9.28. The van der Waals surface area contributed by atoms with Crippen molar-refractivity contribution in [1.82, 2.24) is 9.55 Å². The average molecular weight is 741 g/mol. The first-order valence-electron chi connectivity index (χ1n) is 20.1. The van der Waals surface area contributed by atoms with Crippen molar-refractivity contribution in [3.05, 3.63) is 217 Å². The summed E-state index contributed by atoms with van der Waals surface area (Å²) in [6, 6.07) is 74.9. The summed E-state index contributed by atoms with van der Waals surface area (Å²) in [6.45, 7) is 4.70. The van der Waals surface area contributed by atoms with Gasteiger partial charge in [-0.25, -0.2) is 4.98 Å². The lowest BCUT2D eigenvalue weighted by molar-refractivity contribution is 0.660. The van der Waals surface area contributed by atoms with Crippen LogP contribution in [0.25, 0.3) is 94.5 Å². The fraction of sp³-hybridized carbons (Fsp3) is 0.0536. The number of hydrogen-bond donors (Lipinski definition) is 0. The first-order chi connectivity index (χ1) is 28.5. The van der Waals surface area contributed by atoms with Gasteiger partial charge in [0.2, 0.25) is 0 Å². The molecule has 0 N–H and O–H groups in total. The Kier molecular flexibility index (Phi) is 7.87. The Morgan fingerprint density at radius 2 is 0.914 bits per heavy atom. The summed E-state index contributed by atoms with van der Waals surface area (Å²) in [7, 11) is 0. The van der Waals surface area contributed by atoms with Crippen LogP contribution in [0, 0.1) is 0 Å². The van der Waals surface area contributed by atoms with Gasteiger partial charge in [-0.1, -0.05) is 178 Å². The van der Waals surface area contributed by atoms with Gasteiger partial charge in [0.05, 0.1) is 22.4 Å². The molecule has 0 radical (unpaired) electrons. The number of nitrogens with zero attached hydrogens (tertiary/aromatic N) is 2. The lowest BCUT2D eigenvalue weighted by atomic mass is 9.81. The third kappa shape index (κ3) is 5.52. The first-order valence-corrected chi connectivity index (χ1v) is 20.1. The summed E-state index contributed by atoms with van der Waals surface area (Å²) in [5.41, 5.74) is 20.3. The predicted octanol–water partition coefficient (Wildman–Crippen LogP) is 14.8. The summed E-state index contributed by atoms with van der Waals surface area (Å²) in [4.78, 5) is 5.12. The number of hydrogen-bond acceptors (Lipinski definition) is 1. The van der Waals surface area contributed by atoms with Crippen LogP contribution in [0.2, 0.25) is 0 Å². The monoisotopic (exact) mass is 740 g/mol. The van der Waals surface area contributed by atoms with E-state index >= 15 is 0 Å². The number of rotatable bonds is 6. The van der Waals surface area contributed by atoms with Crippen LogP contribution in [0.4, 0.5) is 0 Å². The molecule has 0 saturated carbocycles. The molecule has 2 heterocycles. The van der Waals surface area contributed by atoms with Crippen LogP contribution in [0.1, 0.15) is 25.0 Å². The molecule has 1 aliphatic carbocycles. The van der Waals surface area contributed by atoms with E-state index in [1.807, 2.05) is 0 Å². The van der Waals surface area contributed by atoms with E-state index in [0.29, 0.717) is 0 Å². The van der Waals surface area contributed by atoms with Gasteiger partial charge in [-0.15, -0.1) is 0 Å². The summed E-state index contributed by atoms with van der Waals surface area (Å²) in [5.74, 6) is 0. The van der Waals surface area contributed by atoms with Gasteiger partial charge < -0.3 is 4.57 Å². The van der Waals surface area contributed by atoms with E-state index in [0.717, 1.165) is 39.3 Å². The van der Waals surface area contributed by atoms with Gasteiger partial charge in [0.1, 0.15) is 0 Å². The van der Waals surface area contributed by atoms with Crippen molar-refractivity contribution in [2.75, 3.05) is 0 Å². The molecule has 0 spiro atoms. The Balaban J connectivity index is 1.02. The molecule has 8 aromatic carbocycles. The molecule has 0 bridgehead atoms. The van der Waals surface area contributed by atoms with Gasteiger partial charge in [0.15, 0.2) is 0 Å². The molecule has 0 fully saturated rings. The third-order valence-electron chi connectivity index (χ3n) is 12.2. The highest BCUT2D eigenvalue weighted by atomic mass is 15.0. The number of para-hydroxylation sites is 2. The predicted molar refractivity (Wildman–Crippen MR) is 243 cm³/mol. The number of pyridine rings is 1. The van der Waals surface area contributed by atoms with Crippen molar-refractivity contribution in [1.29, 1.82) is 0 Å². The molecule has 0 amide bonds. The van der Waals surface area contributed by atoms with Crippen molar-refractivity contribution in [3.63, 3.8) is 0 Å². The van der Waals surface area contributed by atoms with E-state index in [4.69, 9.17) is 4.98 Å². The number of benzene rings is 8. The van der Waals surface area contributed by atoms with E-state index in [1.54, 1.807) is 0 Å². The highest BCUT2D eigenvalue weighted by Gasteiger charge is 2.35. The van der Waals surface area contributed by atoms with E-state index < -0.39 is 0 Å². The zero-order valence-electron chi connectivity index (χ0n) is 32.5. The molecule has 0 aliphatic heterocycles. The van der Waals surface area contributed by atoms with Gasteiger partial charge >= 0.3 is 0 Å². The Bertz CT molecular complexity index is 3110. The molecule has 274 valence electrons. The van der Waals surface area contributed by atoms with E-state index in [-0.39, 0.29) is 5.41 Å². The summed E-state index contributed by atoms with van der Waals surface area (Å²) in [6.07, 6.45) is 0. The van der Waals surface area contributed by atoms with Gasteiger partial charge in [0, 0.05) is 38.6 Å². The van der Waals surface area contributed by atoms with Crippen LogP contribution in [-0.2, 0) is 5.41 Å². The Hall–Kier alpha value is -7.29. The van der Waals surface area contributed by atoms with Crippen molar-refractivity contribution in [2.45, 2.75) is 19.3 Å². The zero-order valence-corrected chi connectivity index (χ0v) is 32.5. The molecule has 0 atom stereocenters. The minimum Gasteiger partial charge on any atom is -0.309 e. The van der Waals surface area contributed by atoms with Crippen LogP contribution in [-0.4, -0.2) is 9.55 Å². The molecule has 11 rings (SSSR count). The molecule has 58 heavy (non-hydrogen) atoms. The molecule has 2 aromatic heterocycles. The van der Waals surface area contributed by atoms with Gasteiger partial charge in [-0.2, -0.15) is 0 Å². The van der Waals surface area contributed by atoms with Gasteiger partial charge in [-0.3, -0.25) is 0 Å². The summed E-state index contributed by atoms with van der Waals surface area (Å²) < 4.78 is 2.45. The third-order valence-corrected chi connectivity index (χ3v) is 12.2. The minimum absolute atomic E-state index is 0.0482. The van der Waals surface area contributed by atoms with Gasteiger partial charge in [0.25, 0.3) is 0 Å². The maximum atomic E-state index is 5.12. The van der Waals surface area contributed by atoms with E-state index in [1.165, 1.54) is 66.3 Å². The Morgan fingerprint density at radius 1 is 0.362 bits per heavy atom. The fourth-order valence-electron chi connectivity index (χ4n) is 9.28. The highest BCUT2D eigenvalue weighted by Crippen LogP contribution is 2.50. The van der Waals surface area contributed by atoms with Crippen LogP contribution in [0.3, 0.4) is 0 Å². The van der Waals surface area contributed by atoms with Gasteiger partial charge in [-0.05, 0) is 92.5 Å². The van der Waals surface area contributed by atoms with Crippen molar-refractivity contribution in [2.24, 2.45) is 0 Å². The normalized spacial score (nSPS) is 12.8. The number of fused-ring (bicyclic) bond motifs is 6. The molecule has 10 aromatic rings. The van der Waals surface area contributed by atoms with Crippen LogP contribution in [0.5, 0.6) is 0 Å². The average Bonchev–Trinajstić information content (AvgIpc) is 3.75. The maximum Gasteiger partial charge on any atom is 0.0715 e. The van der Waals surface area contributed by atoms with Crippen LogP contribution < -0.4 is 0 Å². The number of aromatic nitrogens is 2. The molecule has 2 heteroatoms. The Labute approximate surface area is 339 Å². The van der Waals surface area contributed by atoms with Crippen molar-refractivity contribution >= 4 is 21.8 Å². The van der Waals surface area contributed by atoms with Crippen molar-refractivity contribution < 1.29 is 0 Å². The summed E-state index contributed by atoms with van der Waals surface area (Å²) in [5, 5.41) is 2.49. The highest BCUT2D eigenvalue weighted by molar-refractivity contribution is 6.14. The van der Waals surface area contributed by atoms with Crippen molar-refractivity contribution in [3.8, 4) is 72.7 Å². The standard InChI is InChI=1S/C56H40N2/c1-56(2)50-25-11-9-21-46(50)47-32-29-41(34-51(47)56)40-19-13-20-42(33-40)45-23-14-24-49-48-22-10-12-26-54(48)58(55(45)49)44-30-27-37(28-31-44)43-35-52(38-15-5-3-6-16-38)57-53(36-43)39-17-7-4-8-18-39/h3-36H,1-2H3. The molecular formula is C56H40N2. The largest absolute Gasteiger partial charge is 0.309 e. The molecule has 2 nitrogen and oxygen atoms in total. The molecule has 1 aliphatic rings. The SMILES string of the molecule is CC1(C)c2ccccc2-c2ccc(-c3cccc(-c4cccc5c6ccccc6n(-c6ccc(-c7cc(-c8ccccc8)nc(-c8ccccc8)c7)cc6)c45)c3)cc21. The zero-order chi connectivity index (χ0) is 38.8. The second-order valence-corrected chi connectivity index (χ2v) is 16.0. The van der Waals surface area contributed by atoms with E-state index in [9.17, 15) is 0 Å². The summed E-state index contributed by atoms with van der Waals surface area (Å²) >= 11 is 0. The molecule has 0 saturated heterocycles. The topological polar surface area (TPSA) is 17.8 Å². The lowest BCUT2D eigenvalue weighted by Gasteiger charge is -2.22. The minimum atomic E-state index is -0.0482. The van der Waals surface area contributed by atoms with Crippen LogP contribution >= 0.6 is 0 Å². The second kappa shape index (κ2) is 13.4. The lowest BCUT2D eigenvalue weighted by Crippen LogP contribution is -2.14. The molecule has 0 unspecified atom stereocenters. The second-order valence-electron chi connectivity index (χ2n) is 16.0. The van der Waals surface area contributed by atoms with Crippen LogP contribution in [0.15, 0.2) is 206 Å². The Morgan fingerprint density at radius 3 is 1.67 bits per heavy atom. The smallest absolute Gasteiger partial charge is 0.0715 e. The molecular weight excluding hydrogens is 701 g/mol.